The molecule has 4 rings (SSSR count). The summed E-state index contributed by atoms with van der Waals surface area (Å²) in [6.07, 6.45) is 3.37. The second-order valence-electron chi connectivity index (χ2n) is 8.42. The van der Waals surface area contributed by atoms with Crippen molar-refractivity contribution in [1.29, 1.82) is 5.26 Å². The Morgan fingerprint density at radius 1 is 1.03 bits per heavy atom. The van der Waals surface area contributed by atoms with Crippen LogP contribution < -0.4 is 10.6 Å². The lowest BCUT2D eigenvalue weighted by molar-refractivity contribution is -0.118. The minimum atomic E-state index is -0.446. The Bertz CT molecular complexity index is 1440. The average molecular weight is 463 g/mol. The summed E-state index contributed by atoms with van der Waals surface area (Å²) in [4.78, 5) is 25.6. The van der Waals surface area contributed by atoms with Gasteiger partial charge in [-0.3, -0.25) is 9.59 Å². The van der Waals surface area contributed by atoms with Crippen molar-refractivity contribution in [2.24, 2.45) is 0 Å². The van der Waals surface area contributed by atoms with Crippen LogP contribution in [0.1, 0.15) is 29.7 Å². The quantitative estimate of drug-likeness (QED) is 0.286. The first-order valence-electron chi connectivity index (χ1n) is 11.4. The molecule has 2 N–H and O–H groups in total. The molecule has 3 aromatic carbocycles. The van der Waals surface area contributed by atoms with Gasteiger partial charge >= 0.3 is 0 Å². The van der Waals surface area contributed by atoms with E-state index in [4.69, 9.17) is 0 Å². The van der Waals surface area contributed by atoms with Gasteiger partial charge in [-0.1, -0.05) is 60.7 Å². The molecule has 1 aromatic heterocycles. The number of nitrogens with one attached hydrogen (secondary N) is 2. The van der Waals surface area contributed by atoms with Gasteiger partial charge in [0.25, 0.3) is 5.91 Å². The van der Waals surface area contributed by atoms with Gasteiger partial charge in [-0.05, 0) is 49.2 Å². The van der Waals surface area contributed by atoms with Crippen LogP contribution in [0.4, 0.5) is 5.69 Å². The summed E-state index contributed by atoms with van der Waals surface area (Å²) in [5, 5.41) is 16.4. The molecule has 0 spiro atoms. The number of nitrogens with zero attached hydrogens (tertiary/aromatic N) is 2. The Hall–Kier alpha value is -4.63. The largest absolute Gasteiger partial charge is 0.345 e. The molecule has 174 valence electrons. The van der Waals surface area contributed by atoms with E-state index in [0.717, 1.165) is 27.7 Å². The zero-order chi connectivity index (χ0) is 24.8. The second kappa shape index (κ2) is 10.5. The number of amides is 2. The first kappa shape index (κ1) is 23.5. The third-order valence-electron chi connectivity index (χ3n) is 5.75. The predicted molar refractivity (Wildman–Crippen MR) is 138 cm³/mol. The van der Waals surface area contributed by atoms with Crippen molar-refractivity contribution >= 4 is 34.5 Å². The molecule has 35 heavy (non-hydrogen) atoms. The smallest absolute Gasteiger partial charge is 0.262 e. The molecule has 0 aliphatic rings. The van der Waals surface area contributed by atoms with Crippen molar-refractivity contribution in [3.05, 3.63) is 107 Å². The lowest BCUT2D eigenvalue weighted by Gasteiger charge is -2.13. The highest BCUT2D eigenvalue weighted by molar-refractivity contribution is 6.04. The predicted octanol–water partition coefficient (Wildman–Crippen LogP) is 5.37. The molecule has 0 fully saturated rings. The van der Waals surface area contributed by atoms with Crippen LogP contribution in [0, 0.1) is 18.3 Å². The molecule has 1 heterocycles. The SMILES string of the molecule is Cc1cccc(NC(=O)Cn2cc(/C=C(/C#N)C(=O)N[C@H](C)c3ccccc3)c3ccccc32)c1. The Kier molecular flexibility index (Phi) is 7.08. The van der Waals surface area contributed by atoms with E-state index in [1.807, 2.05) is 103 Å². The van der Waals surface area contributed by atoms with Crippen LogP contribution in [0.15, 0.2) is 90.6 Å². The third kappa shape index (κ3) is 5.66. The molecule has 0 aliphatic carbocycles. The van der Waals surface area contributed by atoms with Crippen LogP contribution in [0.3, 0.4) is 0 Å². The topological polar surface area (TPSA) is 86.9 Å². The van der Waals surface area contributed by atoms with E-state index in [1.54, 1.807) is 12.3 Å². The molecule has 0 saturated carbocycles. The fourth-order valence-corrected chi connectivity index (χ4v) is 4.00. The van der Waals surface area contributed by atoms with Crippen molar-refractivity contribution in [3.8, 4) is 6.07 Å². The fourth-order valence-electron chi connectivity index (χ4n) is 4.00. The number of para-hydroxylation sites is 1. The van der Waals surface area contributed by atoms with Gasteiger partial charge in [-0.25, -0.2) is 0 Å². The van der Waals surface area contributed by atoms with E-state index >= 15 is 0 Å². The normalized spacial score (nSPS) is 12.1. The van der Waals surface area contributed by atoms with Gasteiger partial charge in [-0.2, -0.15) is 5.26 Å². The van der Waals surface area contributed by atoms with E-state index in [1.165, 1.54) is 0 Å². The molecule has 6 heteroatoms. The lowest BCUT2D eigenvalue weighted by atomic mass is 10.1. The van der Waals surface area contributed by atoms with Crippen molar-refractivity contribution in [1.82, 2.24) is 9.88 Å². The highest BCUT2D eigenvalue weighted by Gasteiger charge is 2.16. The summed E-state index contributed by atoms with van der Waals surface area (Å²) < 4.78 is 1.83. The molecular weight excluding hydrogens is 436 g/mol. The molecule has 0 bridgehead atoms. The van der Waals surface area contributed by atoms with Crippen LogP contribution >= 0.6 is 0 Å². The van der Waals surface area contributed by atoms with E-state index in [-0.39, 0.29) is 24.1 Å². The number of carbonyl (C=O) groups is 2. The van der Waals surface area contributed by atoms with Gasteiger partial charge in [0, 0.05) is 28.4 Å². The van der Waals surface area contributed by atoms with Crippen molar-refractivity contribution in [3.63, 3.8) is 0 Å². The van der Waals surface area contributed by atoms with E-state index in [2.05, 4.69) is 10.6 Å². The monoisotopic (exact) mass is 462 g/mol. The Balaban J connectivity index is 1.57. The zero-order valence-electron chi connectivity index (χ0n) is 19.7. The van der Waals surface area contributed by atoms with Gasteiger partial charge in [-0.15, -0.1) is 0 Å². The Morgan fingerprint density at radius 3 is 2.51 bits per heavy atom. The number of carbonyl (C=O) groups excluding carboxylic acids is 2. The number of rotatable bonds is 7. The van der Waals surface area contributed by atoms with Crippen molar-refractivity contribution in [2.45, 2.75) is 26.4 Å². The number of hydrogen-bond acceptors (Lipinski definition) is 3. The molecule has 0 aliphatic heterocycles. The third-order valence-corrected chi connectivity index (χ3v) is 5.75. The first-order chi connectivity index (χ1) is 16.9. The fraction of sp³-hybridized carbons (Fsp3) is 0.138. The number of fused-ring (bicyclic) bond motifs is 1. The maximum Gasteiger partial charge on any atom is 0.262 e. The average Bonchev–Trinajstić information content (AvgIpc) is 3.19. The van der Waals surface area contributed by atoms with E-state index in [0.29, 0.717) is 5.56 Å². The van der Waals surface area contributed by atoms with Gasteiger partial charge in [0.1, 0.15) is 18.2 Å². The maximum atomic E-state index is 12.8. The van der Waals surface area contributed by atoms with Crippen LogP contribution in [-0.4, -0.2) is 16.4 Å². The summed E-state index contributed by atoms with van der Waals surface area (Å²) in [7, 11) is 0. The zero-order valence-corrected chi connectivity index (χ0v) is 19.7. The standard InChI is InChI=1S/C29H26N4O2/c1-20-9-8-12-25(15-20)32-28(34)19-33-18-24(26-13-6-7-14-27(26)33)16-23(17-30)29(35)31-21(2)22-10-4-3-5-11-22/h3-16,18,21H,19H2,1-2H3,(H,31,35)(H,32,34)/b23-16-/t21-/m1/s1. The number of benzene rings is 3. The number of anilines is 1. The maximum absolute atomic E-state index is 12.8. The number of aryl methyl sites for hydroxylation is 1. The van der Waals surface area contributed by atoms with Crippen LogP contribution in [-0.2, 0) is 16.1 Å². The van der Waals surface area contributed by atoms with Gasteiger partial charge in [0.2, 0.25) is 5.91 Å². The molecule has 0 radical (unpaired) electrons. The summed E-state index contributed by atoms with van der Waals surface area (Å²) in [6.45, 7) is 3.94. The second-order valence-corrected chi connectivity index (χ2v) is 8.42. The molecule has 2 amide bonds. The molecule has 1 atom stereocenters. The highest BCUT2D eigenvalue weighted by atomic mass is 16.2. The van der Waals surface area contributed by atoms with Crippen LogP contribution in [0.5, 0.6) is 0 Å². The summed E-state index contributed by atoms with van der Waals surface area (Å²) in [6, 6.07) is 26.6. The van der Waals surface area contributed by atoms with Gasteiger partial charge in [0.15, 0.2) is 0 Å². The molecule has 4 aromatic rings. The van der Waals surface area contributed by atoms with Gasteiger partial charge < -0.3 is 15.2 Å². The summed E-state index contributed by atoms with van der Waals surface area (Å²) >= 11 is 0. The molecule has 6 nitrogen and oxygen atoms in total. The number of nitriles is 1. The van der Waals surface area contributed by atoms with Crippen LogP contribution in [0.25, 0.3) is 17.0 Å². The number of aromatic nitrogens is 1. The summed E-state index contributed by atoms with van der Waals surface area (Å²) in [5.74, 6) is -0.611. The van der Waals surface area contributed by atoms with Crippen LogP contribution in [0.2, 0.25) is 0 Å². The lowest BCUT2D eigenvalue weighted by Crippen LogP contribution is -2.27. The molecule has 0 unspecified atom stereocenters. The van der Waals surface area contributed by atoms with Crippen molar-refractivity contribution < 1.29 is 9.59 Å². The number of hydrogen-bond donors (Lipinski definition) is 2. The Morgan fingerprint density at radius 2 is 1.77 bits per heavy atom. The van der Waals surface area contributed by atoms with E-state index < -0.39 is 5.91 Å². The highest BCUT2D eigenvalue weighted by Crippen LogP contribution is 2.24. The minimum Gasteiger partial charge on any atom is -0.345 e. The summed E-state index contributed by atoms with van der Waals surface area (Å²) in [5.41, 5.74) is 4.29. The first-order valence-corrected chi connectivity index (χ1v) is 11.4. The van der Waals surface area contributed by atoms with Crippen molar-refractivity contribution in [2.75, 3.05) is 5.32 Å². The molecule has 0 saturated heterocycles. The Labute approximate surface area is 204 Å². The van der Waals surface area contributed by atoms with E-state index in [9.17, 15) is 14.9 Å². The minimum absolute atomic E-state index is 0.0000959. The molecular formula is C29H26N4O2. The van der Waals surface area contributed by atoms with Gasteiger partial charge in [0.05, 0.1) is 6.04 Å².